The SMILES string of the molecule is Brc1c2c(nn1C1CCC1)CSC2. The predicted molar refractivity (Wildman–Crippen MR) is 57.8 cm³/mol. The van der Waals surface area contributed by atoms with Crippen molar-refractivity contribution in [2.24, 2.45) is 0 Å². The van der Waals surface area contributed by atoms with Crippen LogP contribution in [0.3, 0.4) is 0 Å². The standard InChI is InChI=1S/C9H11BrN2S/c10-9-7-4-13-5-8(7)11-12(9)6-2-1-3-6/h6H,1-5H2. The molecule has 13 heavy (non-hydrogen) atoms. The molecule has 0 unspecified atom stereocenters. The van der Waals surface area contributed by atoms with Crippen LogP contribution in [0.2, 0.25) is 0 Å². The van der Waals surface area contributed by atoms with E-state index < -0.39 is 0 Å². The third-order valence-corrected chi connectivity index (χ3v) is 4.75. The van der Waals surface area contributed by atoms with E-state index in [1.165, 1.54) is 35.1 Å². The average Bonchev–Trinajstić information content (AvgIpc) is 2.54. The zero-order chi connectivity index (χ0) is 8.84. The summed E-state index contributed by atoms with van der Waals surface area (Å²) in [5.41, 5.74) is 2.75. The van der Waals surface area contributed by atoms with Gasteiger partial charge < -0.3 is 0 Å². The third-order valence-electron chi connectivity index (χ3n) is 2.93. The van der Waals surface area contributed by atoms with Gasteiger partial charge in [0.05, 0.1) is 11.7 Å². The molecule has 1 aliphatic carbocycles. The zero-order valence-electron chi connectivity index (χ0n) is 7.29. The lowest BCUT2D eigenvalue weighted by Crippen LogP contribution is -2.18. The van der Waals surface area contributed by atoms with Crippen LogP contribution < -0.4 is 0 Å². The van der Waals surface area contributed by atoms with E-state index in [2.05, 4.69) is 25.7 Å². The van der Waals surface area contributed by atoms with Gasteiger partial charge in [-0.2, -0.15) is 16.9 Å². The normalized spacial score (nSPS) is 21.6. The number of nitrogens with zero attached hydrogens (tertiary/aromatic N) is 2. The lowest BCUT2D eigenvalue weighted by atomic mass is 9.93. The number of halogens is 1. The topological polar surface area (TPSA) is 17.8 Å². The number of rotatable bonds is 1. The van der Waals surface area contributed by atoms with Crippen LogP contribution in [-0.4, -0.2) is 9.78 Å². The molecule has 0 amide bonds. The van der Waals surface area contributed by atoms with Gasteiger partial charge in [0.25, 0.3) is 0 Å². The van der Waals surface area contributed by atoms with Crippen molar-refractivity contribution < 1.29 is 0 Å². The molecule has 0 spiro atoms. The van der Waals surface area contributed by atoms with Crippen LogP contribution in [0.1, 0.15) is 36.6 Å². The van der Waals surface area contributed by atoms with Crippen LogP contribution in [-0.2, 0) is 11.5 Å². The summed E-state index contributed by atoms with van der Waals surface area (Å²) in [5, 5.41) is 4.66. The molecule has 1 aromatic rings. The fraction of sp³-hybridized carbons (Fsp3) is 0.667. The molecule has 4 heteroatoms. The third kappa shape index (κ3) is 1.18. The van der Waals surface area contributed by atoms with Crippen LogP contribution >= 0.6 is 27.7 Å². The molecule has 2 heterocycles. The first-order valence-corrected chi connectivity index (χ1v) is 6.64. The van der Waals surface area contributed by atoms with Gasteiger partial charge in [0.15, 0.2) is 0 Å². The van der Waals surface area contributed by atoms with E-state index >= 15 is 0 Å². The molecule has 1 aliphatic heterocycles. The van der Waals surface area contributed by atoms with E-state index in [0.29, 0.717) is 6.04 Å². The van der Waals surface area contributed by atoms with Crippen LogP contribution in [0.15, 0.2) is 4.60 Å². The summed E-state index contributed by atoms with van der Waals surface area (Å²) in [6, 6.07) is 0.685. The second-order valence-electron chi connectivity index (χ2n) is 3.74. The highest BCUT2D eigenvalue weighted by Gasteiger charge is 2.27. The van der Waals surface area contributed by atoms with Gasteiger partial charge in [0.2, 0.25) is 0 Å². The molecule has 0 bridgehead atoms. The number of hydrogen-bond donors (Lipinski definition) is 0. The zero-order valence-corrected chi connectivity index (χ0v) is 9.70. The number of hydrogen-bond acceptors (Lipinski definition) is 2. The van der Waals surface area contributed by atoms with Gasteiger partial charge in [0.1, 0.15) is 4.60 Å². The van der Waals surface area contributed by atoms with Gasteiger partial charge in [-0.25, -0.2) is 0 Å². The van der Waals surface area contributed by atoms with Crippen molar-refractivity contribution >= 4 is 27.7 Å². The van der Waals surface area contributed by atoms with Crippen LogP contribution in [0.4, 0.5) is 0 Å². The minimum absolute atomic E-state index is 0.685. The van der Waals surface area contributed by atoms with Gasteiger partial charge in [-0.3, -0.25) is 4.68 Å². The monoisotopic (exact) mass is 258 g/mol. The minimum atomic E-state index is 0.685. The first kappa shape index (κ1) is 8.36. The Morgan fingerprint density at radius 1 is 1.38 bits per heavy atom. The number of fused-ring (bicyclic) bond motifs is 1. The fourth-order valence-electron chi connectivity index (χ4n) is 1.87. The van der Waals surface area contributed by atoms with Crippen molar-refractivity contribution in [2.75, 3.05) is 0 Å². The summed E-state index contributed by atoms with van der Waals surface area (Å²) in [5.74, 6) is 2.25. The van der Waals surface area contributed by atoms with Gasteiger partial charge in [0, 0.05) is 17.1 Å². The fourth-order valence-corrected chi connectivity index (χ4v) is 3.83. The minimum Gasteiger partial charge on any atom is -0.255 e. The smallest absolute Gasteiger partial charge is 0.108 e. The highest BCUT2D eigenvalue weighted by molar-refractivity contribution is 9.10. The summed E-state index contributed by atoms with van der Waals surface area (Å²) >= 11 is 5.63. The molecule has 2 aliphatic rings. The van der Waals surface area contributed by atoms with E-state index in [0.717, 1.165) is 11.5 Å². The van der Waals surface area contributed by atoms with Crippen molar-refractivity contribution in [1.82, 2.24) is 9.78 Å². The Kier molecular flexibility index (Phi) is 1.94. The molecule has 1 saturated carbocycles. The number of thioether (sulfide) groups is 1. The van der Waals surface area contributed by atoms with E-state index in [1.54, 1.807) is 0 Å². The van der Waals surface area contributed by atoms with Crippen molar-refractivity contribution in [3.8, 4) is 0 Å². The first-order chi connectivity index (χ1) is 6.36. The summed E-state index contributed by atoms with van der Waals surface area (Å²) in [7, 11) is 0. The van der Waals surface area contributed by atoms with Gasteiger partial charge in [-0.1, -0.05) is 0 Å². The Morgan fingerprint density at radius 3 is 2.85 bits per heavy atom. The van der Waals surface area contributed by atoms with Gasteiger partial charge in [-0.05, 0) is 35.2 Å². The molecule has 0 atom stereocenters. The Balaban J connectivity index is 2.01. The summed E-state index contributed by atoms with van der Waals surface area (Å²) in [6.45, 7) is 0. The molecular formula is C9H11BrN2S. The summed E-state index contributed by atoms with van der Waals surface area (Å²) < 4.78 is 3.45. The molecule has 0 N–H and O–H groups in total. The molecule has 1 aromatic heterocycles. The maximum Gasteiger partial charge on any atom is 0.108 e. The molecule has 1 fully saturated rings. The maximum atomic E-state index is 4.66. The lowest BCUT2D eigenvalue weighted by molar-refractivity contribution is 0.284. The van der Waals surface area contributed by atoms with E-state index in [1.807, 2.05) is 11.8 Å². The van der Waals surface area contributed by atoms with Gasteiger partial charge in [-0.15, -0.1) is 0 Å². The Labute approximate surface area is 90.2 Å². The molecular weight excluding hydrogens is 248 g/mol. The number of aromatic nitrogens is 2. The molecule has 3 rings (SSSR count). The van der Waals surface area contributed by atoms with Crippen molar-refractivity contribution in [2.45, 2.75) is 36.8 Å². The molecule has 70 valence electrons. The second kappa shape index (κ2) is 3.02. The van der Waals surface area contributed by atoms with E-state index in [-0.39, 0.29) is 0 Å². The lowest BCUT2D eigenvalue weighted by Gasteiger charge is -2.26. The average molecular weight is 259 g/mol. The highest BCUT2D eigenvalue weighted by Crippen LogP contribution is 2.40. The Morgan fingerprint density at radius 2 is 2.23 bits per heavy atom. The molecule has 2 nitrogen and oxygen atoms in total. The largest absolute Gasteiger partial charge is 0.255 e. The van der Waals surface area contributed by atoms with Crippen LogP contribution in [0.5, 0.6) is 0 Å². The summed E-state index contributed by atoms with van der Waals surface area (Å²) in [4.78, 5) is 0. The second-order valence-corrected chi connectivity index (χ2v) is 5.47. The Hall–Kier alpha value is 0.0400. The van der Waals surface area contributed by atoms with E-state index in [9.17, 15) is 0 Å². The summed E-state index contributed by atoms with van der Waals surface area (Å²) in [6.07, 6.45) is 4.00. The van der Waals surface area contributed by atoms with Gasteiger partial charge >= 0.3 is 0 Å². The van der Waals surface area contributed by atoms with Crippen molar-refractivity contribution in [3.05, 3.63) is 15.9 Å². The van der Waals surface area contributed by atoms with Crippen LogP contribution in [0.25, 0.3) is 0 Å². The highest BCUT2D eigenvalue weighted by atomic mass is 79.9. The quantitative estimate of drug-likeness (QED) is 0.771. The molecule has 0 radical (unpaired) electrons. The Bertz CT molecular complexity index is 344. The maximum absolute atomic E-state index is 4.66. The molecule has 0 aromatic carbocycles. The van der Waals surface area contributed by atoms with E-state index in [4.69, 9.17) is 0 Å². The van der Waals surface area contributed by atoms with Crippen molar-refractivity contribution in [1.29, 1.82) is 0 Å². The van der Waals surface area contributed by atoms with Crippen molar-refractivity contribution in [3.63, 3.8) is 0 Å². The van der Waals surface area contributed by atoms with Crippen LogP contribution in [0, 0.1) is 0 Å². The predicted octanol–water partition coefficient (Wildman–Crippen LogP) is 3.12. The first-order valence-electron chi connectivity index (χ1n) is 4.70. The molecule has 0 saturated heterocycles.